The molecular formula is C16H23N5O3S. The van der Waals surface area contributed by atoms with Gasteiger partial charge in [0, 0.05) is 43.3 Å². The van der Waals surface area contributed by atoms with Crippen LogP contribution in [0.4, 0.5) is 22.0 Å². The zero-order chi connectivity index (χ0) is 17.4. The first-order valence-electron chi connectivity index (χ1n) is 7.20. The Bertz CT molecular complexity index is 699. The summed E-state index contributed by atoms with van der Waals surface area (Å²) >= 11 is 4.17. The lowest BCUT2D eigenvalue weighted by Gasteiger charge is -2.13. The van der Waals surface area contributed by atoms with E-state index in [9.17, 15) is 4.79 Å². The summed E-state index contributed by atoms with van der Waals surface area (Å²) in [6, 6.07) is 6.90. The molecule has 0 saturated heterocycles. The van der Waals surface area contributed by atoms with Gasteiger partial charge in [0.05, 0.1) is 6.61 Å². The second kappa shape index (κ2) is 10.5. The molecule has 9 heteroatoms. The molecule has 0 aliphatic carbocycles. The number of methoxy groups -OCH3 is 1. The number of nitrogens with zero attached hydrogens (tertiary/aromatic N) is 2. The van der Waals surface area contributed by atoms with Crippen molar-refractivity contribution in [3.63, 3.8) is 0 Å². The van der Waals surface area contributed by atoms with Gasteiger partial charge in [0.15, 0.2) is 5.16 Å². The summed E-state index contributed by atoms with van der Waals surface area (Å²) in [5, 5.41) is 17.8. The minimum atomic E-state index is -1.12. The van der Waals surface area contributed by atoms with Gasteiger partial charge in [0.2, 0.25) is 0 Å². The number of nitrogens with one attached hydrogen (secondary N) is 3. The van der Waals surface area contributed by atoms with Crippen molar-refractivity contribution in [1.29, 1.82) is 0 Å². The van der Waals surface area contributed by atoms with Crippen LogP contribution in [0.2, 0.25) is 0 Å². The summed E-state index contributed by atoms with van der Waals surface area (Å²) in [5.74, 6) is 0.604. The summed E-state index contributed by atoms with van der Waals surface area (Å²) < 4.78 is 4.99. The molecule has 2 rings (SSSR count). The minimum Gasteiger partial charge on any atom is -0.465 e. The van der Waals surface area contributed by atoms with Crippen LogP contribution in [-0.4, -0.2) is 41.4 Å². The fourth-order valence-electron chi connectivity index (χ4n) is 1.97. The first-order valence-corrected chi connectivity index (χ1v) is 7.65. The molecule has 0 bridgehead atoms. The quantitative estimate of drug-likeness (QED) is 0.278. The predicted molar refractivity (Wildman–Crippen MR) is 101 cm³/mol. The van der Waals surface area contributed by atoms with Crippen LogP contribution in [0.25, 0.3) is 0 Å². The number of rotatable bonds is 8. The van der Waals surface area contributed by atoms with E-state index in [4.69, 9.17) is 9.84 Å². The summed E-state index contributed by atoms with van der Waals surface area (Å²) in [4.78, 5) is 19.1. The lowest BCUT2D eigenvalue weighted by atomic mass is 10.2. The van der Waals surface area contributed by atoms with E-state index in [0.717, 1.165) is 5.56 Å². The van der Waals surface area contributed by atoms with Crippen LogP contribution < -0.4 is 16.0 Å². The van der Waals surface area contributed by atoms with Gasteiger partial charge < -0.3 is 20.5 Å². The average Bonchev–Trinajstić information content (AvgIpc) is 2.53. The number of ether oxygens (including phenoxy) is 1. The average molecular weight is 365 g/mol. The van der Waals surface area contributed by atoms with Gasteiger partial charge in [-0.1, -0.05) is 13.5 Å². The number of thiol groups is 1. The maximum absolute atomic E-state index is 10.7. The third-order valence-electron chi connectivity index (χ3n) is 3.03. The van der Waals surface area contributed by atoms with E-state index < -0.39 is 6.09 Å². The first-order chi connectivity index (χ1) is 11.6. The fraction of sp³-hybridized carbons (Fsp3) is 0.312. The SMILES string of the molecule is C.COCCNCc1cnc(S)nc1Nc1cccc(NC(=O)O)c1. The normalized spacial score (nSPS) is 10.0. The van der Waals surface area contributed by atoms with E-state index in [2.05, 4.69) is 38.5 Å². The second-order valence-electron chi connectivity index (χ2n) is 4.85. The Balaban J connectivity index is 0.00000312. The third-order valence-corrected chi connectivity index (χ3v) is 3.24. The summed E-state index contributed by atoms with van der Waals surface area (Å²) in [7, 11) is 1.64. The second-order valence-corrected chi connectivity index (χ2v) is 5.25. The van der Waals surface area contributed by atoms with Gasteiger partial charge in [-0.05, 0) is 18.2 Å². The molecule has 1 aromatic carbocycles. The standard InChI is InChI=1S/C15H19N5O3S.CH4/c1-23-6-5-16-8-10-9-17-14(24)20-13(10)18-11-3-2-4-12(7-11)19-15(21)22;/h2-4,7,9,16,19H,5-6,8H2,1H3,(H,21,22)(H2,17,18,20,24);1H4. The molecule has 0 radical (unpaired) electrons. The highest BCUT2D eigenvalue weighted by Gasteiger charge is 2.07. The molecular weight excluding hydrogens is 342 g/mol. The van der Waals surface area contributed by atoms with Gasteiger partial charge in [0.1, 0.15) is 5.82 Å². The number of carbonyl (C=O) groups is 1. The number of amides is 1. The molecule has 136 valence electrons. The molecule has 0 spiro atoms. The molecule has 0 unspecified atom stereocenters. The molecule has 0 saturated carbocycles. The maximum atomic E-state index is 10.7. The number of aromatic nitrogens is 2. The Hall–Kier alpha value is -2.36. The smallest absolute Gasteiger partial charge is 0.409 e. The van der Waals surface area contributed by atoms with Crippen molar-refractivity contribution in [2.45, 2.75) is 19.1 Å². The van der Waals surface area contributed by atoms with Crippen LogP contribution in [0.5, 0.6) is 0 Å². The van der Waals surface area contributed by atoms with Gasteiger partial charge in [-0.3, -0.25) is 5.32 Å². The van der Waals surface area contributed by atoms with E-state index in [1.807, 2.05) is 6.07 Å². The summed E-state index contributed by atoms with van der Waals surface area (Å²) in [6.45, 7) is 1.88. The molecule has 25 heavy (non-hydrogen) atoms. The van der Waals surface area contributed by atoms with Gasteiger partial charge in [0.25, 0.3) is 0 Å². The lowest BCUT2D eigenvalue weighted by molar-refractivity contribution is 0.199. The zero-order valence-electron chi connectivity index (χ0n) is 13.1. The Morgan fingerprint density at radius 2 is 2.12 bits per heavy atom. The van der Waals surface area contributed by atoms with Gasteiger partial charge in [-0.25, -0.2) is 14.8 Å². The Labute approximate surface area is 152 Å². The fourth-order valence-corrected chi connectivity index (χ4v) is 2.12. The topological polar surface area (TPSA) is 108 Å². The van der Waals surface area contributed by atoms with Gasteiger partial charge in [-0.2, -0.15) is 0 Å². The van der Waals surface area contributed by atoms with Crippen LogP contribution in [-0.2, 0) is 11.3 Å². The lowest BCUT2D eigenvalue weighted by Crippen LogP contribution is -2.19. The Morgan fingerprint density at radius 1 is 1.36 bits per heavy atom. The number of anilines is 3. The largest absolute Gasteiger partial charge is 0.465 e. The molecule has 1 aromatic heterocycles. The van der Waals surface area contributed by atoms with E-state index in [1.165, 1.54) is 0 Å². The number of benzene rings is 1. The van der Waals surface area contributed by atoms with Gasteiger partial charge in [-0.15, -0.1) is 12.6 Å². The van der Waals surface area contributed by atoms with Crippen LogP contribution in [0, 0.1) is 0 Å². The number of carboxylic acid groups (broad SMARTS) is 1. The van der Waals surface area contributed by atoms with Crippen LogP contribution in [0.1, 0.15) is 13.0 Å². The van der Waals surface area contributed by atoms with Gasteiger partial charge >= 0.3 is 6.09 Å². The minimum absolute atomic E-state index is 0. The zero-order valence-corrected chi connectivity index (χ0v) is 14.0. The van der Waals surface area contributed by atoms with E-state index in [1.54, 1.807) is 31.5 Å². The Kier molecular flexibility index (Phi) is 8.68. The summed E-state index contributed by atoms with van der Waals surface area (Å²) in [6.07, 6.45) is 0.575. The highest BCUT2D eigenvalue weighted by atomic mass is 32.1. The molecule has 0 aliphatic heterocycles. The van der Waals surface area contributed by atoms with Crippen molar-refractivity contribution in [2.75, 3.05) is 30.9 Å². The Morgan fingerprint density at radius 3 is 2.84 bits per heavy atom. The molecule has 0 atom stereocenters. The van der Waals surface area contributed by atoms with Crippen LogP contribution >= 0.6 is 12.6 Å². The molecule has 0 fully saturated rings. The monoisotopic (exact) mass is 365 g/mol. The van der Waals surface area contributed by atoms with E-state index in [-0.39, 0.29) is 7.43 Å². The van der Waals surface area contributed by atoms with E-state index in [0.29, 0.717) is 42.0 Å². The first kappa shape index (κ1) is 20.7. The summed E-state index contributed by atoms with van der Waals surface area (Å²) in [5.41, 5.74) is 2.03. The molecule has 1 amide bonds. The van der Waals surface area contributed by atoms with Crippen molar-refractivity contribution in [1.82, 2.24) is 15.3 Å². The highest BCUT2D eigenvalue weighted by molar-refractivity contribution is 7.80. The molecule has 1 heterocycles. The van der Waals surface area contributed by atoms with Crippen molar-refractivity contribution < 1.29 is 14.6 Å². The highest BCUT2D eigenvalue weighted by Crippen LogP contribution is 2.22. The van der Waals surface area contributed by atoms with Crippen molar-refractivity contribution in [3.05, 3.63) is 36.0 Å². The van der Waals surface area contributed by atoms with Crippen LogP contribution in [0.3, 0.4) is 0 Å². The van der Waals surface area contributed by atoms with Crippen molar-refractivity contribution in [2.24, 2.45) is 0 Å². The molecule has 2 aromatic rings. The molecule has 0 aliphatic rings. The third kappa shape index (κ3) is 6.96. The molecule has 4 N–H and O–H groups in total. The van der Waals surface area contributed by atoms with Crippen LogP contribution in [0.15, 0.2) is 35.6 Å². The number of hydrogen-bond acceptors (Lipinski definition) is 7. The predicted octanol–water partition coefficient (Wildman–Crippen LogP) is 2.97. The number of hydrogen-bond donors (Lipinski definition) is 5. The van der Waals surface area contributed by atoms with Crippen molar-refractivity contribution in [3.8, 4) is 0 Å². The van der Waals surface area contributed by atoms with Crippen molar-refractivity contribution >= 4 is 35.9 Å². The molecule has 8 nitrogen and oxygen atoms in total. The van der Waals surface area contributed by atoms with E-state index >= 15 is 0 Å². The maximum Gasteiger partial charge on any atom is 0.409 e.